The largest absolute Gasteiger partial charge is 0.456 e. The average Bonchev–Trinajstić information content (AvgIpc) is 3.94. The van der Waals surface area contributed by atoms with Crippen LogP contribution in [0.3, 0.4) is 0 Å². The lowest BCUT2D eigenvalue weighted by Gasteiger charge is -2.27. The summed E-state index contributed by atoms with van der Waals surface area (Å²) in [6, 6.07) is 69.0. The Bertz CT molecular complexity index is 3480. The molecule has 0 unspecified atom stereocenters. The Balaban J connectivity index is 1.11. The van der Waals surface area contributed by atoms with Gasteiger partial charge in [0.05, 0.1) is 22.4 Å². The highest BCUT2D eigenvalue weighted by Gasteiger charge is 2.24. The van der Waals surface area contributed by atoms with Crippen molar-refractivity contribution in [2.45, 2.75) is 0 Å². The summed E-state index contributed by atoms with van der Waals surface area (Å²) >= 11 is 0. The molecule has 0 amide bonds. The van der Waals surface area contributed by atoms with Gasteiger partial charge in [-0.2, -0.15) is 0 Å². The van der Waals surface area contributed by atoms with Gasteiger partial charge in [0, 0.05) is 49.1 Å². The van der Waals surface area contributed by atoms with Crippen molar-refractivity contribution >= 4 is 93.5 Å². The van der Waals surface area contributed by atoms with Gasteiger partial charge < -0.3 is 18.3 Å². The van der Waals surface area contributed by atoms with Crippen LogP contribution in [0.25, 0.3) is 93.3 Å². The fraction of sp³-hybridized carbons (Fsp3) is 0. The first kappa shape index (κ1) is 30.9. The third-order valence-electron chi connectivity index (χ3n) is 11.4. The molecule has 12 rings (SSSR count). The van der Waals surface area contributed by atoms with Gasteiger partial charge in [0.2, 0.25) is 0 Å². The molecule has 0 bridgehead atoms. The molecule has 0 saturated carbocycles. The molecule has 0 fully saturated rings. The number of hydrogen-bond donors (Lipinski definition) is 0. The Kier molecular flexibility index (Phi) is 6.60. The smallest absolute Gasteiger partial charge is 0.159 e. The fourth-order valence-corrected chi connectivity index (χ4v) is 8.85. The van der Waals surface area contributed by atoms with E-state index in [0.717, 1.165) is 99.6 Å². The molecule has 0 atom stereocenters. The molecule has 4 heteroatoms. The van der Waals surface area contributed by atoms with Crippen LogP contribution in [0.15, 0.2) is 203 Å². The molecular formula is C52H32N2O2. The van der Waals surface area contributed by atoms with Crippen molar-refractivity contribution in [1.82, 2.24) is 4.57 Å². The van der Waals surface area contributed by atoms with Gasteiger partial charge in [0.15, 0.2) is 5.58 Å². The number of para-hydroxylation sites is 4. The fourth-order valence-electron chi connectivity index (χ4n) is 8.85. The lowest BCUT2D eigenvalue weighted by molar-refractivity contribution is 0.669. The molecule has 3 aromatic heterocycles. The number of furan rings is 2. The zero-order valence-corrected chi connectivity index (χ0v) is 30.2. The SMILES string of the molecule is c1ccc(-n2c3ccccc3c3c(N(c4ccc(-c5ccc6c(c5)oc5ccccc56)cc4)c4cccc5c4oc4c6ccccc6ccc54)cccc32)cc1. The summed E-state index contributed by atoms with van der Waals surface area (Å²) in [6.07, 6.45) is 0. The minimum Gasteiger partial charge on any atom is -0.456 e. The number of rotatable bonds is 5. The lowest BCUT2D eigenvalue weighted by Crippen LogP contribution is -2.10. The summed E-state index contributed by atoms with van der Waals surface area (Å²) in [4.78, 5) is 2.38. The van der Waals surface area contributed by atoms with E-state index in [0.29, 0.717) is 0 Å². The van der Waals surface area contributed by atoms with Crippen molar-refractivity contribution in [3.8, 4) is 16.8 Å². The van der Waals surface area contributed by atoms with Crippen LogP contribution in [0.2, 0.25) is 0 Å². The second kappa shape index (κ2) is 12.0. The van der Waals surface area contributed by atoms with E-state index in [1.165, 1.54) is 10.8 Å². The molecule has 0 radical (unpaired) electrons. The van der Waals surface area contributed by atoms with Gasteiger partial charge in [-0.3, -0.25) is 0 Å². The highest BCUT2D eigenvalue weighted by atomic mass is 16.3. The first-order valence-electron chi connectivity index (χ1n) is 19.0. The third kappa shape index (κ3) is 4.53. The van der Waals surface area contributed by atoms with Gasteiger partial charge in [-0.25, -0.2) is 0 Å². The molecule has 12 aromatic rings. The number of hydrogen-bond acceptors (Lipinski definition) is 3. The first-order chi connectivity index (χ1) is 27.8. The van der Waals surface area contributed by atoms with E-state index in [1.807, 2.05) is 12.1 Å². The quantitative estimate of drug-likeness (QED) is 0.178. The molecule has 0 spiro atoms. The van der Waals surface area contributed by atoms with E-state index in [2.05, 4.69) is 191 Å². The standard InChI is InChI=1S/C52H32N2O2/c1-2-13-36(14-3-1)53-44-19-8-6-17-43(44)50-45(53)20-11-21-46(50)54(47-22-10-18-41-42-31-26-34-12-4-5-15-38(34)51(42)56-52(41)47)37-28-24-33(25-29-37)35-27-30-40-39-16-7-9-23-48(39)55-49(40)32-35/h1-32H. The Morgan fingerprint density at radius 3 is 1.91 bits per heavy atom. The molecule has 0 aliphatic carbocycles. The van der Waals surface area contributed by atoms with Crippen LogP contribution in [-0.4, -0.2) is 4.57 Å². The Hall–Kier alpha value is -7.56. The van der Waals surface area contributed by atoms with Crippen LogP contribution in [0.4, 0.5) is 17.1 Å². The van der Waals surface area contributed by atoms with Gasteiger partial charge in [0.25, 0.3) is 0 Å². The molecule has 56 heavy (non-hydrogen) atoms. The van der Waals surface area contributed by atoms with Crippen LogP contribution >= 0.6 is 0 Å². The maximum atomic E-state index is 7.00. The summed E-state index contributed by atoms with van der Waals surface area (Å²) in [5, 5.41) is 9.08. The Morgan fingerprint density at radius 1 is 0.375 bits per heavy atom. The topological polar surface area (TPSA) is 34.5 Å². The second-order valence-corrected chi connectivity index (χ2v) is 14.5. The van der Waals surface area contributed by atoms with Crippen LogP contribution in [-0.2, 0) is 0 Å². The van der Waals surface area contributed by atoms with Crippen molar-refractivity contribution in [1.29, 1.82) is 0 Å². The molecule has 0 N–H and O–H groups in total. The predicted octanol–water partition coefficient (Wildman–Crippen LogP) is 14.9. The minimum absolute atomic E-state index is 0.849. The number of aromatic nitrogens is 1. The first-order valence-corrected chi connectivity index (χ1v) is 19.0. The Morgan fingerprint density at radius 2 is 1.02 bits per heavy atom. The summed E-state index contributed by atoms with van der Waals surface area (Å²) in [5.41, 5.74) is 12.3. The third-order valence-corrected chi connectivity index (χ3v) is 11.4. The highest BCUT2D eigenvalue weighted by Crippen LogP contribution is 2.48. The predicted molar refractivity (Wildman–Crippen MR) is 233 cm³/mol. The monoisotopic (exact) mass is 716 g/mol. The van der Waals surface area contributed by atoms with Crippen molar-refractivity contribution in [2.24, 2.45) is 0 Å². The van der Waals surface area contributed by atoms with Crippen LogP contribution in [0, 0.1) is 0 Å². The number of benzene rings is 9. The zero-order chi connectivity index (χ0) is 36.7. The van der Waals surface area contributed by atoms with E-state index in [-0.39, 0.29) is 0 Å². The van der Waals surface area contributed by atoms with Crippen LogP contribution < -0.4 is 4.90 Å². The van der Waals surface area contributed by atoms with E-state index in [4.69, 9.17) is 8.83 Å². The van der Waals surface area contributed by atoms with E-state index in [9.17, 15) is 0 Å². The molecule has 0 saturated heterocycles. The van der Waals surface area contributed by atoms with Crippen molar-refractivity contribution < 1.29 is 8.83 Å². The van der Waals surface area contributed by atoms with E-state index in [1.54, 1.807) is 0 Å². The van der Waals surface area contributed by atoms with Crippen molar-refractivity contribution in [3.63, 3.8) is 0 Å². The van der Waals surface area contributed by atoms with Gasteiger partial charge in [-0.1, -0.05) is 121 Å². The highest BCUT2D eigenvalue weighted by molar-refractivity contribution is 6.20. The van der Waals surface area contributed by atoms with Crippen LogP contribution in [0.5, 0.6) is 0 Å². The molecule has 4 nitrogen and oxygen atoms in total. The number of fused-ring (bicyclic) bond motifs is 11. The van der Waals surface area contributed by atoms with E-state index < -0.39 is 0 Å². The van der Waals surface area contributed by atoms with Crippen molar-refractivity contribution in [2.75, 3.05) is 4.90 Å². The second-order valence-electron chi connectivity index (χ2n) is 14.5. The van der Waals surface area contributed by atoms with Gasteiger partial charge in [-0.15, -0.1) is 0 Å². The lowest BCUT2D eigenvalue weighted by atomic mass is 10.0. The van der Waals surface area contributed by atoms with Crippen molar-refractivity contribution in [3.05, 3.63) is 194 Å². The van der Waals surface area contributed by atoms with Gasteiger partial charge >= 0.3 is 0 Å². The van der Waals surface area contributed by atoms with Gasteiger partial charge in [0.1, 0.15) is 16.7 Å². The summed E-state index contributed by atoms with van der Waals surface area (Å²) in [7, 11) is 0. The molecular weight excluding hydrogens is 685 g/mol. The summed E-state index contributed by atoms with van der Waals surface area (Å²) in [6.45, 7) is 0. The maximum absolute atomic E-state index is 7.00. The van der Waals surface area contributed by atoms with E-state index >= 15 is 0 Å². The molecule has 0 aliphatic heterocycles. The zero-order valence-electron chi connectivity index (χ0n) is 30.2. The normalized spacial score (nSPS) is 11.9. The molecule has 0 aliphatic rings. The molecule has 9 aromatic carbocycles. The summed E-state index contributed by atoms with van der Waals surface area (Å²) in [5.74, 6) is 0. The average molecular weight is 717 g/mol. The van der Waals surface area contributed by atoms with Crippen LogP contribution in [0.1, 0.15) is 0 Å². The summed E-state index contributed by atoms with van der Waals surface area (Å²) < 4.78 is 15.6. The maximum Gasteiger partial charge on any atom is 0.159 e. The minimum atomic E-state index is 0.849. The number of nitrogens with zero attached hydrogens (tertiary/aromatic N) is 2. The Labute approximate surface area is 321 Å². The molecule has 3 heterocycles. The molecule has 262 valence electrons. The number of anilines is 3. The van der Waals surface area contributed by atoms with Gasteiger partial charge in [-0.05, 0) is 89.3 Å².